The van der Waals surface area contributed by atoms with Crippen LogP contribution in [0.1, 0.15) is 19.3 Å². The number of ether oxygens (including phenoxy) is 2. The Morgan fingerprint density at radius 3 is 2.79 bits per heavy atom. The summed E-state index contributed by atoms with van der Waals surface area (Å²) in [5.41, 5.74) is 7.00. The van der Waals surface area contributed by atoms with Crippen LogP contribution >= 0.6 is 0 Å². The molecule has 6 nitrogen and oxygen atoms in total. The smallest absolute Gasteiger partial charge is 0.227 e. The molecule has 1 atom stereocenters. The van der Waals surface area contributed by atoms with Crippen LogP contribution in [0, 0.1) is 5.92 Å². The van der Waals surface area contributed by atoms with Gasteiger partial charge in [-0.25, -0.2) is 4.98 Å². The first-order chi connectivity index (χ1) is 11.8. The van der Waals surface area contributed by atoms with E-state index in [0.29, 0.717) is 17.8 Å². The largest absolute Gasteiger partial charge is 0.383 e. The Labute approximate surface area is 142 Å². The van der Waals surface area contributed by atoms with Crippen molar-refractivity contribution in [1.82, 2.24) is 9.97 Å². The highest BCUT2D eigenvalue weighted by Gasteiger charge is 2.24. The lowest BCUT2D eigenvalue weighted by atomic mass is 10.1. The van der Waals surface area contributed by atoms with E-state index in [1.54, 1.807) is 0 Å². The molecule has 2 saturated heterocycles. The zero-order valence-corrected chi connectivity index (χ0v) is 13.9. The SMILES string of the molecule is Nc1nc(N2CCC(OCC3CCOC3)CC2)nc2ccccc12. The summed E-state index contributed by atoms with van der Waals surface area (Å²) in [6.45, 7) is 4.37. The third-order valence-electron chi connectivity index (χ3n) is 4.94. The average molecular weight is 328 g/mol. The van der Waals surface area contributed by atoms with Crippen molar-refractivity contribution in [1.29, 1.82) is 0 Å². The molecule has 2 N–H and O–H groups in total. The monoisotopic (exact) mass is 328 g/mol. The maximum absolute atomic E-state index is 6.09. The number of para-hydroxylation sites is 1. The summed E-state index contributed by atoms with van der Waals surface area (Å²) >= 11 is 0. The molecule has 24 heavy (non-hydrogen) atoms. The summed E-state index contributed by atoms with van der Waals surface area (Å²) in [4.78, 5) is 11.4. The highest BCUT2D eigenvalue weighted by Crippen LogP contribution is 2.24. The second kappa shape index (κ2) is 6.91. The van der Waals surface area contributed by atoms with Gasteiger partial charge in [0.2, 0.25) is 5.95 Å². The fourth-order valence-electron chi connectivity index (χ4n) is 3.44. The number of hydrogen-bond acceptors (Lipinski definition) is 6. The van der Waals surface area contributed by atoms with Crippen LogP contribution in [0.3, 0.4) is 0 Å². The lowest BCUT2D eigenvalue weighted by molar-refractivity contribution is 0.0130. The second-order valence-electron chi connectivity index (χ2n) is 6.68. The summed E-state index contributed by atoms with van der Waals surface area (Å²) in [6, 6.07) is 7.88. The summed E-state index contributed by atoms with van der Waals surface area (Å²) < 4.78 is 11.5. The van der Waals surface area contributed by atoms with E-state index in [1.165, 1.54) is 0 Å². The molecule has 0 spiro atoms. The average Bonchev–Trinajstić information content (AvgIpc) is 3.14. The lowest BCUT2D eigenvalue weighted by Crippen LogP contribution is -2.38. The number of nitrogens with two attached hydrogens (primary N) is 1. The highest BCUT2D eigenvalue weighted by molar-refractivity contribution is 5.88. The van der Waals surface area contributed by atoms with Crippen molar-refractivity contribution in [2.24, 2.45) is 5.92 Å². The molecule has 1 aromatic carbocycles. The quantitative estimate of drug-likeness (QED) is 0.928. The molecule has 1 aromatic heterocycles. The third-order valence-corrected chi connectivity index (χ3v) is 4.94. The molecule has 6 heteroatoms. The van der Waals surface area contributed by atoms with Crippen molar-refractivity contribution in [3.05, 3.63) is 24.3 Å². The maximum atomic E-state index is 6.09. The van der Waals surface area contributed by atoms with Gasteiger partial charge in [-0.1, -0.05) is 12.1 Å². The zero-order chi connectivity index (χ0) is 16.4. The molecule has 0 saturated carbocycles. The van der Waals surface area contributed by atoms with Gasteiger partial charge in [0.15, 0.2) is 0 Å². The van der Waals surface area contributed by atoms with Gasteiger partial charge in [-0.3, -0.25) is 0 Å². The van der Waals surface area contributed by atoms with Crippen LogP contribution in [0.2, 0.25) is 0 Å². The van der Waals surface area contributed by atoms with Gasteiger partial charge in [0.1, 0.15) is 5.82 Å². The summed E-state index contributed by atoms with van der Waals surface area (Å²) in [6.07, 6.45) is 3.47. The minimum absolute atomic E-state index is 0.333. The Kier molecular flexibility index (Phi) is 4.49. The van der Waals surface area contributed by atoms with Crippen LogP contribution < -0.4 is 10.6 Å². The van der Waals surface area contributed by atoms with E-state index in [1.807, 2.05) is 24.3 Å². The van der Waals surface area contributed by atoms with Crippen LogP contribution in [-0.4, -0.2) is 49.0 Å². The highest BCUT2D eigenvalue weighted by atomic mass is 16.5. The Morgan fingerprint density at radius 2 is 2.00 bits per heavy atom. The van der Waals surface area contributed by atoms with Crippen molar-refractivity contribution in [2.45, 2.75) is 25.4 Å². The zero-order valence-electron chi connectivity index (χ0n) is 13.9. The topological polar surface area (TPSA) is 73.5 Å². The van der Waals surface area contributed by atoms with Crippen molar-refractivity contribution in [3.63, 3.8) is 0 Å². The van der Waals surface area contributed by atoms with Crippen LogP contribution in [0.5, 0.6) is 0 Å². The van der Waals surface area contributed by atoms with E-state index in [4.69, 9.17) is 15.2 Å². The Balaban J connectivity index is 1.37. The molecule has 3 heterocycles. The minimum atomic E-state index is 0.333. The van der Waals surface area contributed by atoms with Crippen molar-refractivity contribution in [2.75, 3.05) is 43.5 Å². The summed E-state index contributed by atoms with van der Waals surface area (Å²) in [7, 11) is 0. The first-order valence-corrected chi connectivity index (χ1v) is 8.76. The van der Waals surface area contributed by atoms with Crippen molar-refractivity contribution in [3.8, 4) is 0 Å². The molecule has 4 rings (SSSR count). The third kappa shape index (κ3) is 3.30. The number of benzene rings is 1. The fraction of sp³-hybridized carbons (Fsp3) is 0.556. The Bertz CT molecular complexity index is 694. The van der Waals surface area contributed by atoms with Gasteiger partial charge in [0.25, 0.3) is 0 Å². The molecular weight excluding hydrogens is 304 g/mol. The Morgan fingerprint density at radius 1 is 1.17 bits per heavy atom. The van der Waals surface area contributed by atoms with Gasteiger partial charge in [-0.2, -0.15) is 4.98 Å². The van der Waals surface area contributed by atoms with Gasteiger partial charge >= 0.3 is 0 Å². The molecule has 1 unspecified atom stereocenters. The number of piperidine rings is 1. The molecule has 2 aromatic rings. The maximum Gasteiger partial charge on any atom is 0.227 e. The number of aromatic nitrogens is 2. The number of rotatable bonds is 4. The molecule has 0 aliphatic carbocycles. The van der Waals surface area contributed by atoms with Crippen LogP contribution in [-0.2, 0) is 9.47 Å². The van der Waals surface area contributed by atoms with Crippen LogP contribution in [0.15, 0.2) is 24.3 Å². The molecule has 2 fully saturated rings. The fourth-order valence-corrected chi connectivity index (χ4v) is 3.44. The summed E-state index contributed by atoms with van der Waals surface area (Å²) in [5.74, 6) is 1.86. The molecule has 2 aliphatic heterocycles. The number of fused-ring (bicyclic) bond motifs is 1. The van der Waals surface area contributed by atoms with Crippen molar-refractivity contribution >= 4 is 22.7 Å². The van der Waals surface area contributed by atoms with E-state index in [2.05, 4.69) is 14.9 Å². The second-order valence-corrected chi connectivity index (χ2v) is 6.68. The number of anilines is 2. The van der Waals surface area contributed by atoms with E-state index < -0.39 is 0 Å². The van der Waals surface area contributed by atoms with E-state index >= 15 is 0 Å². The molecular formula is C18H24N4O2. The predicted molar refractivity (Wildman–Crippen MR) is 94.1 cm³/mol. The molecule has 2 aliphatic rings. The van der Waals surface area contributed by atoms with Gasteiger partial charge in [-0.15, -0.1) is 0 Å². The molecule has 0 bridgehead atoms. The standard InChI is InChI=1S/C18H24N4O2/c19-17-15-3-1-2-4-16(15)20-18(21-17)22-8-5-14(6-9-22)24-12-13-7-10-23-11-13/h1-4,13-14H,5-12H2,(H2,19,20,21). The van der Waals surface area contributed by atoms with E-state index in [0.717, 1.165) is 69.0 Å². The molecule has 0 amide bonds. The van der Waals surface area contributed by atoms with Gasteiger partial charge < -0.3 is 20.1 Å². The Hall–Kier alpha value is -1.92. The van der Waals surface area contributed by atoms with Gasteiger partial charge in [-0.05, 0) is 31.4 Å². The van der Waals surface area contributed by atoms with E-state index in [-0.39, 0.29) is 0 Å². The number of nitrogen functional groups attached to an aromatic ring is 1. The minimum Gasteiger partial charge on any atom is -0.383 e. The van der Waals surface area contributed by atoms with Gasteiger partial charge in [0, 0.05) is 31.0 Å². The molecule has 128 valence electrons. The van der Waals surface area contributed by atoms with Gasteiger partial charge in [0.05, 0.1) is 24.8 Å². The van der Waals surface area contributed by atoms with Crippen LogP contribution in [0.25, 0.3) is 10.9 Å². The first kappa shape index (κ1) is 15.6. The predicted octanol–water partition coefficient (Wildman–Crippen LogP) is 2.23. The lowest BCUT2D eigenvalue weighted by Gasteiger charge is -2.32. The summed E-state index contributed by atoms with van der Waals surface area (Å²) in [5, 5.41) is 0.915. The normalized spacial score (nSPS) is 22.3. The molecule has 0 radical (unpaired) electrons. The first-order valence-electron chi connectivity index (χ1n) is 8.76. The van der Waals surface area contributed by atoms with Crippen molar-refractivity contribution < 1.29 is 9.47 Å². The van der Waals surface area contributed by atoms with E-state index in [9.17, 15) is 0 Å². The van der Waals surface area contributed by atoms with Crippen LogP contribution in [0.4, 0.5) is 11.8 Å². The number of hydrogen-bond donors (Lipinski definition) is 1. The number of nitrogens with zero attached hydrogens (tertiary/aromatic N) is 3.